The van der Waals surface area contributed by atoms with E-state index in [0.29, 0.717) is 23.7 Å². The molecule has 0 aromatic heterocycles. The molecule has 4 aliphatic rings. The van der Waals surface area contributed by atoms with Gasteiger partial charge in [-0.3, -0.25) is 43.3 Å². The third-order valence-corrected chi connectivity index (χ3v) is 14.8. The van der Waals surface area contributed by atoms with Gasteiger partial charge in [-0.2, -0.15) is 0 Å². The number of carbonyl (C=O) groups excluding carboxylic acids is 9. The second-order valence-corrected chi connectivity index (χ2v) is 21.5. The second kappa shape index (κ2) is 32.0. The van der Waals surface area contributed by atoms with Crippen molar-refractivity contribution >= 4 is 71.1 Å². The van der Waals surface area contributed by atoms with E-state index in [0.717, 1.165) is 43.4 Å². The molecule has 4 fully saturated rings. The van der Waals surface area contributed by atoms with Crippen LogP contribution in [0.25, 0.3) is 0 Å². The standard InChI is InChI=1S/C51H83N11O19/c1-26(2)14-9-7-5-4-6-8-10-15-28-24-34(66)57-35(27(3)64)47(75)61-22-13-18-32(61)46(74)60-21-12-17-31(60)42(70)55-29(16-11-20-54-51(52)53)41(69)58-36(39(67)48(76)77)43(71)56-30(25-63)45(73)62-23-19-33(65)38(62)44(72)59-37(50(80)81-28)40(68)49(78)79/h26-33,35-40,63-65,67-68H,4-25H2,1-3H3,(H,55,70)(H,56,71)(H,57,66)(H,58,69)(H,59,72)(H,76,77)(H,78,79)(H4,52,53,54)/t27?,28?,29-,30-,31-,32-,33+,35-,36-,37-,38-,39?,40?/m0/s1. The molecule has 456 valence electrons. The third kappa shape index (κ3) is 19.2. The maximum Gasteiger partial charge on any atom is 0.335 e. The van der Waals surface area contributed by atoms with E-state index in [2.05, 4.69) is 34.8 Å². The minimum absolute atomic E-state index is 0.00867. The largest absolute Gasteiger partial charge is 0.479 e. The summed E-state index contributed by atoms with van der Waals surface area (Å²) in [6.45, 7) is 3.59. The zero-order valence-corrected chi connectivity index (χ0v) is 46.1. The van der Waals surface area contributed by atoms with Crippen LogP contribution in [0.4, 0.5) is 0 Å². The number of carboxylic acid groups (broad SMARTS) is 2. The fourth-order valence-corrected chi connectivity index (χ4v) is 10.4. The lowest BCUT2D eigenvalue weighted by Gasteiger charge is -2.34. The molecule has 0 bridgehead atoms. The number of esters is 1. The first-order valence-electron chi connectivity index (χ1n) is 27.8. The molecule has 30 heteroatoms. The number of carboxylic acids is 2. The molecule has 4 heterocycles. The van der Waals surface area contributed by atoms with Gasteiger partial charge in [-0.25, -0.2) is 14.4 Å². The SMILES string of the molecule is CC(C)CCCCCCCCCC1CC(=O)N[C@@H](C(C)O)C(=O)N2CCC[C@H]2C(=O)N2CCC[C@H]2C(=O)N[C@@H](CCCN=C(N)N)C(=O)N[C@@H](C(O)C(=O)O)C(=O)N[C@@H](CO)C(=O)N2CC[C@@H](O)[C@H]2C(=O)N[C@@H](C(O)C(=O)O)C(=O)O1. The molecule has 81 heavy (non-hydrogen) atoms. The van der Waals surface area contributed by atoms with E-state index in [1.807, 2.05) is 10.6 Å². The molecular formula is C51H83N11O19. The smallest absolute Gasteiger partial charge is 0.335 e. The van der Waals surface area contributed by atoms with Crippen LogP contribution >= 0.6 is 0 Å². The van der Waals surface area contributed by atoms with E-state index in [1.165, 1.54) is 11.8 Å². The predicted octanol–water partition coefficient (Wildman–Crippen LogP) is -4.85. The summed E-state index contributed by atoms with van der Waals surface area (Å²) in [5.41, 5.74) is 10.9. The average Bonchev–Trinajstić information content (AvgIpc) is 4.22. The molecule has 0 aromatic carbocycles. The van der Waals surface area contributed by atoms with E-state index < -0.39 is 164 Å². The summed E-state index contributed by atoms with van der Waals surface area (Å²) in [5.74, 6) is -14.5. The van der Waals surface area contributed by atoms with E-state index in [-0.39, 0.29) is 77.0 Å². The number of cyclic esters (lactones) is 1. The summed E-state index contributed by atoms with van der Waals surface area (Å²) in [6.07, 6.45) is -4.32. The van der Waals surface area contributed by atoms with Crippen LogP contribution in [0.1, 0.15) is 130 Å². The fraction of sp³-hybridized carbons (Fsp3) is 0.765. The second-order valence-electron chi connectivity index (χ2n) is 21.5. The molecule has 30 nitrogen and oxygen atoms in total. The van der Waals surface area contributed by atoms with Crippen molar-refractivity contribution in [1.82, 2.24) is 41.3 Å². The van der Waals surface area contributed by atoms with Crippen molar-refractivity contribution < 1.29 is 93.2 Å². The van der Waals surface area contributed by atoms with Crippen molar-refractivity contribution in [2.24, 2.45) is 22.4 Å². The van der Waals surface area contributed by atoms with Gasteiger partial charge in [0.15, 0.2) is 24.2 Å². The van der Waals surface area contributed by atoms with Gasteiger partial charge in [0, 0.05) is 26.2 Å². The molecule has 0 radical (unpaired) electrons. The number of rotatable bonds is 20. The zero-order chi connectivity index (χ0) is 60.2. The van der Waals surface area contributed by atoms with Crippen molar-refractivity contribution in [1.29, 1.82) is 0 Å². The minimum Gasteiger partial charge on any atom is -0.479 e. The maximum atomic E-state index is 14.5. The van der Waals surface area contributed by atoms with Crippen molar-refractivity contribution in [2.45, 2.75) is 209 Å². The number of fused-ring (bicyclic) bond motifs is 3. The highest BCUT2D eigenvalue weighted by Crippen LogP contribution is 2.27. The molecule has 0 spiro atoms. The van der Waals surface area contributed by atoms with Crippen LogP contribution in [0.5, 0.6) is 0 Å². The van der Waals surface area contributed by atoms with Gasteiger partial charge in [0.05, 0.1) is 25.2 Å². The lowest BCUT2D eigenvalue weighted by Crippen LogP contribution is -2.64. The summed E-state index contributed by atoms with van der Waals surface area (Å²) in [7, 11) is 0. The normalized spacial score (nSPS) is 28.2. The van der Waals surface area contributed by atoms with Gasteiger partial charge in [0.25, 0.3) is 0 Å². The Bertz CT molecular complexity index is 2270. The van der Waals surface area contributed by atoms with Gasteiger partial charge >= 0.3 is 17.9 Å². The van der Waals surface area contributed by atoms with Crippen LogP contribution in [0.15, 0.2) is 4.99 Å². The van der Waals surface area contributed by atoms with Crippen LogP contribution in [0.3, 0.4) is 0 Å². The molecule has 16 N–H and O–H groups in total. The number of aliphatic carboxylic acids is 2. The van der Waals surface area contributed by atoms with Crippen molar-refractivity contribution in [2.75, 3.05) is 32.8 Å². The Labute approximate surface area is 468 Å². The fourth-order valence-electron chi connectivity index (χ4n) is 10.4. The number of aliphatic imine (C=N–C) groups is 1. The van der Waals surface area contributed by atoms with E-state index in [1.54, 1.807) is 0 Å². The van der Waals surface area contributed by atoms with Gasteiger partial charge in [-0.1, -0.05) is 58.8 Å². The van der Waals surface area contributed by atoms with Crippen molar-refractivity contribution in [3.8, 4) is 0 Å². The van der Waals surface area contributed by atoms with Gasteiger partial charge in [0.2, 0.25) is 47.3 Å². The van der Waals surface area contributed by atoms with Gasteiger partial charge in [0.1, 0.15) is 48.4 Å². The Hall–Kier alpha value is -6.76. The van der Waals surface area contributed by atoms with Gasteiger partial charge < -0.3 is 93.2 Å². The lowest BCUT2D eigenvalue weighted by atomic mass is 10.0. The first-order valence-corrected chi connectivity index (χ1v) is 27.8. The first kappa shape index (κ1) is 66.7. The summed E-state index contributed by atoms with van der Waals surface area (Å²) >= 11 is 0. The summed E-state index contributed by atoms with van der Waals surface area (Å²) in [4.78, 5) is 158. The number of amides is 8. The molecule has 0 saturated carbocycles. The van der Waals surface area contributed by atoms with Crippen LogP contribution in [-0.2, 0) is 57.5 Å². The van der Waals surface area contributed by atoms with Gasteiger partial charge in [-0.05, 0) is 70.6 Å². The molecule has 4 rings (SSSR count). The van der Waals surface area contributed by atoms with Crippen LogP contribution in [0.2, 0.25) is 0 Å². The topological polar surface area (TPSA) is 473 Å². The molecule has 4 saturated heterocycles. The van der Waals surface area contributed by atoms with Crippen molar-refractivity contribution in [3.63, 3.8) is 0 Å². The Morgan fingerprint density at radius 1 is 0.617 bits per heavy atom. The molecule has 4 aliphatic heterocycles. The highest BCUT2D eigenvalue weighted by Gasteiger charge is 2.48. The van der Waals surface area contributed by atoms with E-state index >= 15 is 0 Å². The zero-order valence-electron chi connectivity index (χ0n) is 46.1. The molecule has 8 amide bonds. The molecular weight excluding hydrogens is 1070 g/mol. The number of hydrogen-bond donors (Lipinski definition) is 14. The summed E-state index contributed by atoms with van der Waals surface area (Å²) < 4.78 is 5.66. The molecule has 0 aromatic rings. The number of carbonyl (C=O) groups is 11. The number of unbranched alkanes of at least 4 members (excludes halogenated alkanes) is 6. The monoisotopic (exact) mass is 1150 g/mol. The Balaban J connectivity index is 1.77. The number of ether oxygens (including phenoxy) is 1. The quantitative estimate of drug-likeness (QED) is 0.0235. The Morgan fingerprint density at radius 3 is 1.78 bits per heavy atom. The highest BCUT2D eigenvalue weighted by atomic mass is 16.5. The number of nitrogens with zero attached hydrogens (tertiary/aromatic N) is 4. The Morgan fingerprint density at radius 2 is 1.19 bits per heavy atom. The number of hydrogen-bond acceptors (Lipinski definition) is 18. The average molecular weight is 1150 g/mol. The number of aliphatic hydroxyl groups excluding tert-OH is 5. The van der Waals surface area contributed by atoms with Crippen LogP contribution in [0, 0.1) is 5.92 Å². The first-order chi connectivity index (χ1) is 38.3. The number of nitrogens with one attached hydrogen (secondary N) is 5. The van der Waals surface area contributed by atoms with Gasteiger partial charge in [-0.15, -0.1) is 0 Å². The predicted molar refractivity (Wildman–Crippen MR) is 282 cm³/mol. The number of nitrogens with two attached hydrogens (primary N) is 2. The Kier molecular flexibility index (Phi) is 26.4. The van der Waals surface area contributed by atoms with E-state index in [4.69, 9.17) is 16.2 Å². The summed E-state index contributed by atoms with van der Waals surface area (Å²) in [5, 5.41) is 84.8. The van der Waals surface area contributed by atoms with E-state index in [9.17, 15) is 88.5 Å². The number of guanidine groups is 1. The molecule has 4 unspecified atom stereocenters. The van der Waals surface area contributed by atoms with Crippen LogP contribution < -0.4 is 38.1 Å². The third-order valence-electron chi connectivity index (χ3n) is 14.8. The highest BCUT2D eigenvalue weighted by molar-refractivity contribution is 6.00. The molecule has 13 atom stereocenters. The van der Waals surface area contributed by atoms with Crippen LogP contribution in [-0.4, -0.2) is 233 Å². The van der Waals surface area contributed by atoms with Crippen molar-refractivity contribution in [3.05, 3.63) is 0 Å². The lowest BCUT2D eigenvalue weighted by molar-refractivity contribution is -0.165. The maximum absolute atomic E-state index is 14.5. The minimum atomic E-state index is -2.76. The number of aliphatic hydroxyl groups is 5. The summed E-state index contributed by atoms with van der Waals surface area (Å²) in [6, 6.07) is -14.9. The molecule has 0 aliphatic carbocycles.